The van der Waals surface area contributed by atoms with Crippen molar-refractivity contribution in [2.45, 2.75) is 4.90 Å². The first-order chi connectivity index (χ1) is 5.82. The van der Waals surface area contributed by atoms with Crippen molar-refractivity contribution in [3.63, 3.8) is 0 Å². The Labute approximate surface area is 73.7 Å². The molecule has 0 unspecified atom stereocenters. The lowest BCUT2D eigenvalue weighted by Gasteiger charge is -1.92. The summed E-state index contributed by atoms with van der Waals surface area (Å²) in [6, 6.07) is 0. The molecule has 1 aromatic heterocycles. The number of carboxylic acid groups (broad SMARTS) is 1. The number of aromatic nitrogens is 2. The summed E-state index contributed by atoms with van der Waals surface area (Å²) >= 11 is 0. The van der Waals surface area contributed by atoms with Gasteiger partial charge in [0.25, 0.3) is 0 Å². The number of rotatable bonds is 2. The van der Waals surface area contributed by atoms with Crippen LogP contribution in [0.15, 0.2) is 11.1 Å². The molecule has 72 valence electrons. The molecule has 0 fully saturated rings. The average molecular weight is 205 g/mol. The van der Waals surface area contributed by atoms with E-state index in [2.05, 4.69) is 5.10 Å². The molecule has 13 heavy (non-hydrogen) atoms. The highest BCUT2D eigenvalue weighted by Gasteiger charge is 2.22. The van der Waals surface area contributed by atoms with Crippen LogP contribution < -0.4 is 5.84 Å². The number of aromatic carboxylic acids is 1. The van der Waals surface area contributed by atoms with Gasteiger partial charge in [-0.3, -0.25) is 0 Å². The van der Waals surface area contributed by atoms with E-state index in [9.17, 15) is 13.2 Å². The van der Waals surface area contributed by atoms with E-state index in [0.29, 0.717) is 4.79 Å². The molecule has 0 aliphatic rings. The van der Waals surface area contributed by atoms with Crippen LogP contribution in [0.1, 0.15) is 10.5 Å². The Kier molecular flexibility index (Phi) is 2.00. The van der Waals surface area contributed by atoms with Gasteiger partial charge in [0.1, 0.15) is 4.90 Å². The highest BCUT2D eigenvalue weighted by atomic mass is 32.2. The van der Waals surface area contributed by atoms with Crippen molar-refractivity contribution >= 4 is 15.8 Å². The predicted octanol–water partition coefficient (Wildman–Crippen LogP) is -1.30. The Bertz CT molecular complexity index is 446. The lowest BCUT2D eigenvalue weighted by molar-refractivity contribution is 0.0685. The lowest BCUT2D eigenvalue weighted by atomic mass is 10.4. The van der Waals surface area contributed by atoms with Crippen molar-refractivity contribution in [3.8, 4) is 0 Å². The minimum Gasteiger partial charge on any atom is -0.476 e. The summed E-state index contributed by atoms with van der Waals surface area (Å²) < 4.78 is 22.0. The highest BCUT2D eigenvalue weighted by Crippen LogP contribution is 2.12. The summed E-state index contributed by atoms with van der Waals surface area (Å²) in [5.74, 6) is 3.67. The van der Waals surface area contributed by atoms with Crippen LogP contribution in [0.25, 0.3) is 0 Å². The third kappa shape index (κ3) is 1.78. The molecule has 0 amide bonds. The first kappa shape index (κ1) is 9.52. The van der Waals surface area contributed by atoms with Gasteiger partial charge in [0, 0.05) is 6.26 Å². The Hall–Kier alpha value is -1.57. The maximum atomic E-state index is 11.0. The molecule has 1 rings (SSSR count). The number of nitrogens with two attached hydrogens (primary N) is 1. The molecule has 0 saturated carbocycles. The minimum absolute atomic E-state index is 0.387. The number of hydrogen-bond donors (Lipinski definition) is 2. The van der Waals surface area contributed by atoms with Gasteiger partial charge in [-0.05, 0) is 0 Å². The number of hydrogen-bond acceptors (Lipinski definition) is 5. The van der Waals surface area contributed by atoms with Gasteiger partial charge in [-0.25, -0.2) is 13.2 Å². The second-order valence-electron chi connectivity index (χ2n) is 2.40. The molecular formula is C5H7N3O4S. The molecule has 0 aliphatic carbocycles. The maximum absolute atomic E-state index is 11.0. The third-order valence-corrected chi connectivity index (χ3v) is 2.40. The number of nitrogen functional groups attached to an aromatic ring is 1. The average Bonchev–Trinajstić information content (AvgIpc) is 2.29. The fraction of sp³-hybridized carbons (Fsp3) is 0.200. The first-order valence-electron chi connectivity index (χ1n) is 3.10. The van der Waals surface area contributed by atoms with Gasteiger partial charge in [-0.1, -0.05) is 0 Å². The Morgan fingerprint density at radius 3 is 2.54 bits per heavy atom. The standard InChI is InChI=1S/C5H7N3O4S/c1-13(11,12)3-2-8(6)7-4(3)5(9)10/h2H,6H2,1H3,(H,9,10). The van der Waals surface area contributed by atoms with Gasteiger partial charge in [-0.2, -0.15) is 4.79 Å². The van der Waals surface area contributed by atoms with Crippen molar-refractivity contribution in [2.75, 3.05) is 12.1 Å². The largest absolute Gasteiger partial charge is 0.476 e. The van der Waals surface area contributed by atoms with Crippen LogP contribution in [0.5, 0.6) is 0 Å². The highest BCUT2D eigenvalue weighted by molar-refractivity contribution is 7.90. The third-order valence-electron chi connectivity index (χ3n) is 1.30. The van der Waals surface area contributed by atoms with Crippen LogP contribution in [-0.4, -0.2) is 35.6 Å². The first-order valence-corrected chi connectivity index (χ1v) is 4.99. The van der Waals surface area contributed by atoms with E-state index >= 15 is 0 Å². The van der Waals surface area contributed by atoms with Crippen molar-refractivity contribution < 1.29 is 18.3 Å². The Balaban J connectivity index is 3.46. The van der Waals surface area contributed by atoms with E-state index in [1.54, 1.807) is 0 Å². The van der Waals surface area contributed by atoms with Crippen LogP contribution in [0.4, 0.5) is 0 Å². The molecule has 0 bridgehead atoms. The summed E-state index contributed by atoms with van der Waals surface area (Å²) in [4.78, 5) is 10.8. The smallest absolute Gasteiger partial charge is 0.357 e. The van der Waals surface area contributed by atoms with E-state index in [0.717, 1.165) is 12.5 Å². The molecule has 0 saturated heterocycles. The molecule has 0 aromatic carbocycles. The molecule has 0 radical (unpaired) electrons. The zero-order valence-corrected chi connectivity index (χ0v) is 7.45. The number of carboxylic acids is 1. The predicted molar refractivity (Wildman–Crippen MR) is 42.4 cm³/mol. The van der Waals surface area contributed by atoms with Crippen LogP contribution in [-0.2, 0) is 9.84 Å². The van der Waals surface area contributed by atoms with Gasteiger partial charge in [0.15, 0.2) is 15.5 Å². The summed E-state index contributed by atoms with van der Waals surface area (Å²) in [6.45, 7) is 0. The van der Waals surface area contributed by atoms with Crippen molar-refractivity contribution in [1.82, 2.24) is 9.89 Å². The number of nitrogens with zero attached hydrogens (tertiary/aromatic N) is 2. The van der Waals surface area contributed by atoms with Gasteiger partial charge < -0.3 is 10.9 Å². The van der Waals surface area contributed by atoms with Gasteiger partial charge >= 0.3 is 5.97 Å². The molecule has 0 spiro atoms. The molecule has 1 aromatic rings. The van der Waals surface area contributed by atoms with Gasteiger partial charge in [0.05, 0.1) is 6.20 Å². The van der Waals surface area contributed by atoms with Crippen LogP contribution in [0.2, 0.25) is 0 Å². The molecule has 1 heterocycles. The quantitative estimate of drug-likeness (QED) is 0.580. The minimum atomic E-state index is -3.60. The van der Waals surface area contributed by atoms with Crippen molar-refractivity contribution in [2.24, 2.45) is 0 Å². The Morgan fingerprint density at radius 1 is 1.69 bits per heavy atom. The maximum Gasteiger partial charge on any atom is 0.357 e. The monoisotopic (exact) mass is 205 g/mol. The summed E-state index contributed by atoms with van der Waals surface area (Å²) in [5, 5.41) is 11.8. The molecule has 3 N–H and O–H groups in total. The van der Waals surface area contributed by atoms with E-state index in [-0.39, 0.29) is 4.90 Å². The van der Waals surface area contributed by atoms with E-state index in [4.69, 9.17) is 10.9 Å². The Morgan fingerprint density at radius 2 is 2.23 bits per heavy atom. The normalized spacial score (nSPS) is 11.5. The topological polar surface area (TPSA) is 115 Å². The van der Waals surface area contributed by atoms with Crippen molar-refractivity contribution in [3.05, 3.63) is 11.9 Å². The molecule has 8 heteroatoms. The van der Waals surface area contributed by atoms with Crippen LogP contribution >= 0.6 is 0 Å². The fourth-order valence-corrected chi connectivity index (χ4v) is 1.57. The SMILES string of the molecule is CS(=O)(=O)c1cn(N)nc1C(=O)O. The molecule has 0 atom stereocenters. The summed E-state index contributed by atoms with van der Waals surface area (Å²) in [7, 11) is -3.60. The zero-order valence-electron chi connectivity index (χ0n) is 6.63. The number of sulfone groups is 1. The molecule has 0 aliphatic heterocycles. The second kappa shape index (κ2) is 2.73. The molecular weight excluding hydrogens is 198 g/mol. The van der Waals surface area contributed by atoms with E-state index in [1.165, 1.54) is 0 Å². The zero-order chi connectivity index (χ0) is 10.2. The number of carbonyl (C=O) groups is 1. The van der Waals surface area contributed by atoms with Crippen LogP contribution in [0.3, 0.4) is 0 Å². The van der Waals surface area contributed by atoms with Crippen molar-refractivity contribution in [1.29, 1.82) is 0 Å². The van der Waals surface area contributed by atoms with Crippen LogP contribution in [0, 0.1) is 0 Å². The van der Waals surface area contributed by atoms with E-state index in [1.807, 2.05) is 0 Å². The summed E-state index contributed by atoms with van der Waals surface area (Å²) in [6.07, 6.45) is 1.83. The second-order valence-corrected chi connectivity index (χ2v) is 4.38. The van der Waals surface area contributed by atoms with E-state index < -0.39 is 21.5 Å². The molecule has 7 nitrogen and oxygen atoms in total. The van der Waals surface area contributed by atoms with Gasteiger partial charge in [0.2, 0.25) is 0 Å². The van der Waals surface area contributed by atoms with Gasteiger partial charge in [-0.15, -0.1) is 5.10 Å². The fourth-order valence-electron chi connectivity index (χ4n) is 0.794. The summed E-state index contributed by atoms with van der Waals surface area (Å²) in [5.41, 5.74) is -0.565. The lowest BCUT2D eigenvalue weighted by Crippen LogP contribution is -2.10.